The van der Waals surface area contributed by atoms with Gasteiger partial charge in [0.15, 0.2) is 0 Å². The number of nitrogens with one attached hydrogen (secondary N) is 1. The first-order valence-electron chi connectivity index (χ1n) is 16.3. The fourth-order valence-electron chi connectivity index (χ4n) is 8.15. The summed E-state index contributed by atoms with van der Waals surface area (Å²) in [6.45, 7) is 3.87. The first-order chi connectivity index (χ1) is 21.1. The number of aryl methyl sites for hydroxylation is 1. The minimum atomic E-state index is -3.93. The Hall–Kier alpha value is -2.55. The zero-order valence-electron chi connectivity index (χ0n) is 25.4. The maximum atomic E-state index is 13.7. The minimum absolute atomic E-state index is 0.132. The van der Waals surface area contributed by atoms with Crippen molar-refractivity contribution in [3.63, 3.8) is 0 Å². The van der Waals surface area contributed by atoms with Gasteiger partial charge in [0.25, 0.3) is 5.91 Å². The lowest BCUT2D eigenvalue weighted by molar-refractivity contribution is 0.0455. The van der Waals surface area contributed by atoms with Gasteiger partial charge in [0.05, 0.1) is 23.6 Å². The highest BCUT2D eigenvalue weighted by Crippen LogP contribution is 2.47. The average Bonchev–Trinajstić information content (AvgIpc) is 3.81. The van der Waals surface area contributed by atoms with Crippen molar-refractivity contribution in [1.29, 1.82) is 0 Å². The third-order valence-corrected chi connectivity index (χ3v) is 13.2. The van der Waals surface area contributed by atoms with Crippen LogP contribution in [-0.4, -0.2) is 50.5 Å². The molecule has 0 aromatic heterocycles. The van der Waals surface area contributed by atoms with E-state index in [-0.39, 0.29) is 23.2 Å². The summed E-state index contributed by atoms with van der Waals surface area (Å²) < 4.78 is 36.4. The highest BCUT2D eigenvalue weighted by molar-refractivity contribution is 7.90. The van der Waals surface area contributed by atoms with Gasteiger partial charge in [-0.2, -0.15) is 0 Å². The van der Waals surface area contributed by atoms with Gasteiger partial charge in [-0.1, -0.05) is 49.6 Å². The second kappa shape index (κ2) is 11.7. The zero-order chi connectivity index (χ0) is 30.6. The second-order valence-electron chi connectivity index (χ2n) is 14.1. The Kier molecular flexibility index (Phi) is 7.99. The topological polar surface area (TPSA) is 95.9 Å². The molecule has 1 spiro atoms. The Morgan fingerprint density at radius 3 is 2.75 bits per heavy atom. The number of fused-ring (bicyclic) bond motifs is 4. The van der Waals surface area contributed by atoms with Crippen LogP contribution in [0, 0.1) is 23.7 Å². The molecule has 6 atom stereocenters. The van der Waals surface area contributed by atoms with Crippen LogP contribution < -0.4 is 14.4 Å². The molecule has 3 aliphatic carbocycles. The molecular formula is C35H43ClN2O5S. The van der Waals surface area contributed by atoms with Crippen molar-refractivity contribution in [2.45, 2.75) is 81.5 Å². The molecule has 0 radical (unpaired) electrons. The number of carbonyl (C=O) groups is 1. The molecule has 2 bridgehead atoms. The Labute approximate surface area is 266 Å². The number of hydrogen-bond donors (Lipinski definition) is 2. The molecule has 2 aliphatic heterocycles. The molecule has 7 rings (SSSR count). The molecule has 7 nitrogen and oxygen atoms in total. The molecule has 0 unspecified atom stereocenters. The monoisotopic (exact) mass is 638 g/mol. The number of rotatable bonds is 2. The minimum Gasteiger partial charge on any atom is -0.490 e. The number of ether oxygens (including phenoxy) is 1. The van der Waals surface area contributed by atoms with Crippen LogP contribution in [0.4, 0.5) is 5.69 Å². The Bertz CT molecular complexity index is 1570. The SMILES string of the molecule is C[C@H]1C/C=C\[C@@H](O)[C@@H]2CC[C@H]2CN2C[C@@]3(CCCc4cc(Cl)ccc43)COc3ccc(cc32)C(=O)NS(=O)(=O)[C@H]1CC1CC1. The third kappa shape index (κ3) is 5.78. The number of aliphatic hydroxyl groups excluding tert-OH is 1. The van der Waals surface area contributed by atoms with E-state index in [0.29, 0.717) is 43.2 Å². The molecule has 2 heterocycles. The fraction of sp³-hybridized carbons (Fsp3) is 0.571. The molecule has 5 aliphatic rings. The van der Waals surface area contributed by atoms with Gasteiger partial charge >= 0.3 is 0 Å². The standard InChI is InChI=1S/C35H43ClN2O5S/c1-22-4-2-6-31(39)28-12-9-26(28)19-38-20-35(15-3-5-24-17-27(36)11-13-29(24)35)21-43-32-14-10-25(18-30(32)38)34(40)37-44(41,42)33(22)16-23-7-8-23/h2,6,10-11,13-14,17-18,22-23,26,28,31,33,39H,3-5,7-9,12,15-16,19-21H2,1H3,(H,37,40)/b6-2-/t22-,26-,28+,31+,33-,35-/m0/s1. The number of benzene rings is 2. The first kappa shape index (κ1) is 30.1. The van der Waals surface area contributed by atoms with Gasteiger partial charge in [-0.25, -0.2) is 13.1 Å². The summed E-state index contributed by atoms with van der Waals surface area (Å²) in [5, 5.41) is 11.3. The normalized spacial score (nSPS) is 34.0. The van der Waals surface area contributed by atoms with E-state index >= 15 is 0 Å². The third-order valence-electron chi connectivity index (χ3n) is 11.0. The number of carbonyl (C=O) groups excluding carboxylic acids is 1. The van der Waals surface area contributed by atoms with Crippen molar-refractivity contribution in [1.82, 2.24) is 4.72 Å². The van der Waals surface area contributed by atoms with E-state index in [9.17, 15) is 18.3 Å². The zero-order valence-corrected chi connectivity index (χ0v) is 27.0. The summed E-state index contributed by atoms with van der Waals surface area (Å²) in [6.07, 6.45) is 11.4. The quantitative estimate of drug-likeness (QED) is 0.391. The van der Waals surface area contributed by atoms with E-state index in [2.05, 4.69) is 21.8 Å². The molecule has 0 saturated heterocycles. The van der Waals surface area contributed by atoms with Gasteiger partial charge in [0, 0.05) is 29.1 Å². The van der Waals surface area contributed by atoms with E-state index in [4.69, 9.17) is 16.3 Å². The van der Waals surface area contributed by atoms with Gasteiger partial charge in [-0.05, 0) is 110 Å². The average molecular weight is 639 g/mol. The first-order valence-corrected chi connectivity index (χ1v) is 18.3. The fourth-order valence-corrected chi connectivity index (χ4v) is 10.1. The number of aliphatic hydroxyl groups is 1. The largest absolute Gasteiger partial charge is 0.490 e. The number of allylic oxidation sites excluding steroid dienone is 1. The number of halogens is 1. The summed E-state index contributed by atoms with van der Waals surface area (Å²) in [5.74, 6) is 0.716. The predicted octanol–water partition coefficient (Wildman–Crippen LogP) is 6.02. The Morgan fingerprint density at radius 1 is 1.14 bits per heavy atom. The maximum absolute atomic E-state index is 13.7. The van der Waals surface area contributed by atoms with Gasteiger partial charge in [-0.15, -0.1) is 0 Å². The van der Waals surface area contributed by atoms with Crippen LogP contribution in [0.3, 0.4) is 0 Å². The van der Waals surface area contributed by atoms with Crippen molar-refractivity contribution in [3.05, 3.63) is 70.3 Å². The molecule has 2 saturated carbocycles. The molecule has 2 aromatic rings. The summed E-state index contributed by atoms with van der Waals surface area (Å²) in [4.78, 5) is 15.9. The molecule has 2 aromatic carbocycles. The van der Waals surface area contributed by atoms with Crippen LogP contribution in [-0.2, 0) is 21.9 Å². The van der Waals surface area contributed by atoms with Crippen LogP contribution >= 0.6 is 11.6 Å². The summed E-state index contributed by atoms with van der Waals surface area (Å²) in [7, 11) is -3.93. The van der Waals surface area contributed by atoms with Crippen LogP contribution in [0.2, 0.25) is 5.02 Å². The Morgan fingerprint density at radius 2 is 1.98 bits per heavy atom. The van der Waals surface area contributed by atoms with E-state index in [1.54, 1.807) is 12.1 Å². The van der Waals surface area contributed by atoms with Gasteiger partial charge in [-0.3, -0.25) is 4.79 Å². The smallest absolute Gasteiger partial charge is 0.264 e. The lowest BCUT2D eigenvalue weighted by Gasteiger charge is -2.45. The van der Waals surface area contributed by atoms with E-state index in [1.165, 1.54) is 11.1 Å². The van der Waals surface area contributed by atoms with Gasteiger partial charge in [0.2, 0.25) is 10.0 Å². The maximum Gasteiger partial charge on any atom is 0.264 e. The van der Waals surface area contributed by atoms with Crippen molar-refractivity contribution in [2.24, 2.45) is 23.7 Å². The van der Waals surface area contributed by atoms with Crippen LogP contribution in [0.5, 0.6) is 5.75 Å². The molecule has 9 heteroatoms. The molecule has 2 N–H and O–H groups in total. The van der Waals surface area contributed by atoms with Crippen molar-refractivity contribution in [2.75, 3.05) is 24.6 Å². The second-order valence-corrected chi connectivity index (χ2v) is 16.4. The molecule has 1 amide bonds. The van der Waals surface area contributed by atoms with Crippen LogP contribution in [0.1, 0.15) is 79.8 Å². The highest BCUT2D eigenvalue weighted by Gasteiger charge is 2.44. The number of nitrogens with zero attached hydrogens (tertiary/aromatic N) is 1. The number of hydrogen-bond acceptors (Lipinski definition) is 6. The summed E-state index contributed by atoms with van der Waals surface area (Å²) >= 11 is 6.41. The van der Waals surface area contributed by atoms with Crippen LogP contribution in [0.25, 0.3) is 0 Å². The summed E-state index contributed by atoms with van der Waals surface area (Å²) in [5.41, 5.74) is 3.38. The van der Waals surface area contributed by atoms with Crippen molar-refractivity contribution < 1.29 is 23.1 Å². The van der Waals surface area contributed by atoms with Crippen LogP contribution in [0.15, 0.2) is 48.6 Å². The molecular weight excluding hydrogens is 596 g/mol. The lowest BCUT2D eigenvalue weighted by Crippen LogP contribution is -2.49. The van der Waals surface area contributed by atoms with Gasteiger partial charge in [0.1, 0.15) is 5.75 Å². The van der Waals surface area contributed by atoms with E-state index < -0.39 is 27.3 Å². The highest BCUT2D eigenvalue weighted by atomic mass is 35.5. The number of anilines is 1. The van der Waals surface area contributed by atoms with Crippen molar-refractivity contribution in [3.8, 4) is 5.75 Å². The molecule has 2 fully saturated rings. The molecule has 236 valence electrons. The number of amides is 1. The summed E-state index contributed by atoms with van der Waals surface area (Å²) in [6, 6.07) is 11.5. The van der Waals surface area contributed by atoms with Gasteiger partial charge < -0.3 is 14.7 Å². The Balaban J connectivity index is 1.28. The van der Waals surface area contributed by atoms with Crippen molar-refractivity contribution >= 4 is 33.2 Å². The number of sulfonamides is 1. The van der Waals surface area contributed by atoms with E-state index in [1.807, 2.05) is 31.2 Å². The predicted molar refractivity (Wildman–Crippen MR) is 173 cm³/mol. The molecule has 44 heavy (non-hydrogen) atoms. The lowest BCUT2D eigenvalue weighted by atomic mass is 9.68. The van der Waals surface area contributed by atoms with E-state index in [0.717, 1.165) is 62.2 Å².